The van der Waals surface area contributed by atoms with Crippen LogP contribution >= 0.6 is 23.4 Å². The highest BCUT2D eigenvalue weighted by Crippen LogP contribution is 2.25. The second-order valence-electron chi connectivity index (χ2n) is 2.76. The second kappa shape index (κ2) is 5.92. The summed E-state index contributed by atoms with van der Waals surface area (Å²) >= 11 is 6.79. The Hall–Kier alpha value is -0.810. The number of thioether (sulfide) groups is 1. The van der Waals surface area contributed by atoms with Gasteiger partial charge in [0.05, 0.1) is 11.0 Å². The van der Waals surface area contributed by atoms with Gasteiger partial charge in [-0.15, -0.1) is 23.4 Å². The maximum absolute atomic E-state index is 13.3. The van der Waals surface area contributed by atoms with Gasteiger partial charge in [0.15, 0.2) is 0 Å². The van der Waals surface area contributed by atoms with Crippen molar-refractivity contribution in [3.8, 4) is 0 Å². The molecular formula is C9H9ClFNO2S. The second-order valence-corrected chi connectivity index (χ2v) is 4.28. The first-order chi connectivity index (χ1) is 7.15. The summed E-state index contributed by atoms with van der Waals surface area (Å²) in [5, 5.41) is 10.3. The van der Waals surface area contributed by atoms with Gasteiger partial charge in [-0.2, -0.15) is 0 Å². The SMILES string of the molecule is O=[N+]([O-])c1ccc(SCCCCl)c(F)c1. The molecule has 3 nitrogen and oxygen atoms in total. The largest absolute Gasteiger partial charge is 0.272 e. The molecule has 0 fully saturated rings. The van der Waals surface area contributed by atoms with Crippen molar-refractivity contribution in [3.05, 3.63) is 34.1 Å². The first-order valence-corrected chi connectivity index (χ1v) is 5.80. The summed E-state index contributed by atoms with van der Waals surface area (Å²) in [5.74, 6) is 0.684. The Kier molecular flexibility index (Phi) is 4.84. The number of benzene rings is 1. The molecule has 0 bridgehead atoms. The summed E-state index contributed by atoms with van der Waals surface area (Å²) in [6, 6.07) is 3.65. The normalized spacial score (nSPS) is 10.3. The molecular weight excluding hydrogens is 241 g/mol. The van der Waals surface area contributed by atoms with E-state index in [1.807, 2.05) is 0 Å². The van der Waals surface area contributed by atoms with Gasteiger partial charge in [0.25, 0.3) is 5.69 Å². The van der Waals surface area contributed by atoms with Crippen LogP contribution in [0.4, 0.5) is 10.1 Å². The molecule has 1 rings (SSSR count). The van der Waals surface area contributed by atoms with E-state index in [0.29, 0.717) is 16.5 Å². The van der Waals surface area contributed by atoms with Crippen LogP contribution in [0.2, 0.25) is 0 Å². The minimum Gasteiger partial charge on any atom is -0.258 e. The Morgan fingerprint density at radius 2 is 2.27 bits per heavy atom. The third-order valence-corrected chi connectivity index (χ3v) is 3.06. The molecule has 0 aliphatic heterocycles. The topological polar surface area (TPSA) is 43.1 Å². The summed E-state index contributed by atoms with van der Waals surface area (Å²) in [7, 11) is 0. The molecule has 0 saturated carbocycles. The highest BCUT2D eigenvalue weighted by atomic mass is 35.5. The van der Waals surface area contributed by atoms with E-state index in [-0.39, 0.29) is 5.69 Å². The number of nitro groups is 1. The van der Waals surface area contributed by atoms with Crippen LogP contribution in [0.1, 0.15) is 6.42 Å². The number of halogens is 2. The molecule has 1 aromatic rings. The number of hydrogen-bond acceptors (Lipinski definition) is 3. The fraction of sp³-hybridized carbons (Fsp3) is 0.333. The molecule has 0 aliphatic rings. The molecule has 0 spiro atoms. The van der Waals surface area contributed by atoms with Crippen LogP contribution in [-0.4, -0.2) is 16.6 Å². The van der Waals surface area contributed by atoms with E-state index < -0.39 is 10.7 Å². The highest BCUT2D eigenvalue weighted by Gasteiger charge is 2.10. The first kappa shape index (κ1) is 12.3. The minimum absolute atomic E-state index is 0.228. The van der Waals surface area contributed by atoms with Crippen LogP contribution in [0.5, 0.6) is 0 Å². The van der Waals surface area contributed by atoms with Gasteiger partial charge in [0, 0.05) is 16.8 Å². The fourth-order valence-corrected chi connectivity index (χ4v) is 2.12. The van der Waals surface area contributed by atoms with Gasteiger partial charge >= 0.3 is 0 Å². The van der Waals surface area contributed by atoms with Gasteiger partial charge < -0.3 is 0 Å². The Morgan fingerprint density at radius 1 is 1.53 bits per heavy atom. The van der Waals surface area contributed by atoms with Crippen molar-refractivity contribution in [2.75, 3.05) is 11.6 Å². The lowest BCUT2D eigenvalue weighted by atomic mass is 10.3. The number of nitro benzene ring substituents is 1. The molecule has 0 heterocycles. The highest BCUT2D eigenvalue weighted by molar-refractivity contribution is 7.99. The Morgan fingerprint density at radius 3 is 2.80 bits per heavy atom. The van der Waals surface area contributed by atoms with Gasteiger partial charge in [-0.25, -0.2) is 4.39 Å². The maximum Gasteiger partial charge on any atom is 0.272 e. The van der Waals surface area contributed by atoms with Gasteiger partial charge in [0.2, 0.25) is 0 Å². The molecule has 6 heteroatoms. The van der Waals surface area contributed by atoms with Crippen LogP contribution < -0.4 is 0 Å². The molecule has 0 aromatic heterocycles. The Balaban J connectivity index is 2.70. The molecule has 82 valence electrons. The number of alkyl halides is 1. The zero-order chi connectivity index (χ0) is 11.3. The van der Waals surface area contributed by atoms with E-state index in [1.54, 1.807) is 0 Å². The monoisotopic (exact) mass is 249 g/mol. The average molecular weight is 250 g/mol. The molecule has 0 amide bonds. The van der Waals surface area contributed by atoms with Crippen LogP contribution in [0.15, 0.2) is 23.1 Å². The molecule has 1 aromatic carbocycles. The predicted molar refractivity (Wildman–Crippen MR) is 59.1 cm³/mol. The quantitative estimate of drug-likeness (QED) is 0.264. The predicted octanol–water partition coefficient (Wildman–Crippen LogP) is 3.45. The number of nitrogens with zero attached hydrogens (tertiary/aromatic N) is 1. The standard InChI is InChI=1S/C9H9ClFNO2S/c10-4-1-5-15-9-3-2-7(12(13)14)6-8(9)11/h2-3,6H,1,4-5H2. The molecule has 0 aliphatic carbocycles. The fourth-order valence-electron chi connectivity index (χ4n) is 0.957. The third-order valence-electron chi connectivity index (χ3n) is 1.66. The lowest BCUT2D eigenvalue weighted by Gasteiger charge is -2.01. The molecule has 0 atom stereocenters. The van der Waals surface area contributed by atoms with Gasteiger partial charge in [-0.1, -0.05) is 0 Å². The Bertz CT molecular complexity index is 362. The summed E-state index contributed by atoms with van der Waals surface area (Å²) in [4.78, 5) is 10.1. The van der Waals surface area contributed by atoms with Crippen molar-refractivity contribution in [1.29, 1.82) is 0 Å². The van der Waals surface area contributed by atoms with Crippen LogP contribution in [0, 0.1) is 15.9 Å². The van der Waals surface area contributed by atoms with Crippen LogP contribution in [-0.2, 0) is 0 Å². The van der Waals surface area contributed by atoms with E-state index in [2.05, 4.69) is 0 Å². The average Bonchev–Trinajstić information content (AvgIpc) is 2.20. The lowest BCUT2D eigenvalue weighted by Crippen LogP contribution is -1.91. The molecule has 0 radical (unpaired) electrons. The third kappa shape index (κ3) is 3.68. The number of rotatable bonds is 5. The first-order valence-electron chi connectivity index (χ1n) is 4.28. The van der Waals surface area contributed by atoms with E-state index in [4.69, 9.17) is 11.6 Å². The lowest BCUT2D eigenvalue weighted by molar-refractivity contribution is -0.385. The molecule has 0 unspecified atom stereocenters. The van der Waals surface area contributed by atoms with Crippen molar-refractivity contribution >= 4 is 29.1 Å². The summed E-state index contributed by atoms with van der Waals surface area (Å²) in [6.45, 7) is 0. The number of hydrogen-bond donors (Lipinski definition) is 0. The molecule has 15 heavy (non-hydrogen) atoms. The zero-order valence-corrected chi connectivity index (χ0v) is 9.35. The van der Waals surface area contributed by atoms with Crippen molar-refractivity contribution in [3.63, 3.8) is 0 Å². The van der Waals surface area contributed by atoms with E-state index in [0.717, 1.165) is 12.5 Å². The smallest absolute Gasteiger partial charge is 0.258 e. The van der Waals surface area contributed by atoms with E-state index in [1.165, 1.54) is 23.9 Å². The molecule has 0 N–H and O–H groups in total. The van der Waals surface area contributed by atoms with E-state index >= 15 is 0 Å². The Labute approximate surface area is 95.8 Å². The van der Waals surface area contributed by atoms with Crippen molar-refractivity contribution in [2.24, 2.45) is 0 Å². The van der Waals surface area contributed by atoms with E-state index in [9.17, 15) is 14.5 Å². The van der Waals surface area contributed by atoms with Crippen molar-refractivity contribution in [2.45, 2.75) is 11.3 Å². The van der Waals surface area contributed by atoms with Crippen LogP contribution in [0.25, 0.3) is 0 Å². The summed E-state index contributed by atoms with van der Waals surface area (Å²) in [6.07, 6.45) is 0.780. The van der Waals surface area contributed by atoms with Crippen LogP contribution in [0.3, 0.4) is 0 Å². The van der Waals surface area contributed by atoms with Gasteiger partial charge in [-0.3, -0.25) is 10.1 Å². The molecule has 0 saturated heterocycles. The number of non-ortho nitro benzene ring substituents is 1. The minimum atomic E-state index is -0.615. The maximum atomic E-state index is 13.3. The van der Waals surface area contributed by atoms with Crippen molar-refractivity contribution < 1.29 is 9.31 Å². The van der Waals surface area contributed by atoms with Gasteiger partial charge in [0.1, 0.15) is 5.82 Å². The summed E-state index contributed by atoms with van der Waals surface area (Å²) < 4.78 is 13.3. The van der Waals surface area contributed by atoms with Crippen molar-refractivity contribution in [1.82, 2.24) is 0 Å². The summed E-state index contributed by atoms with van der Waals surface area (Å²) in [5.41, 5.74) is -0.228. The zero-order valence-electron chi connectivity index (χ0n) is 7.78. The van der Waals surface area contributed by atoms with Gasteiger partial charge in [-0.05, 0) is 18.2 Å².